The summed E-state index contributed by atoms with van der Waals surface area (Å²) in [5.41, 5.74) is 12.7. The van der Waals surface area contributed by atoms with E-state index in [-0.39, 0.29) is 0 Å². The van der Waals surface area contributed by atoms with Gasteiger partial charge in [0, 0.05) is 58.4 Å². The summed E-state index contributed by atoms with van der Waals surface area (Å²) in [6.07, 6.45) is 0. The van der Waals surface area contributed by atoms with Crippen LogP contribution in [0.25, 0.3) is 147 Å². The van der Waals surface area contributed by atoms with Crippen LogP contribution in [0.5, 0.6) is 0 Å². The summed E-state index contributed by atoms with van der Waals surface area (Å²) >= 11 is 1.80. The fraction of sp³-hybridized carbons (Fsp3) is 0. The molecule has 15 aromatic rings. The van der Waals surface area contributed by atoms with Gasteiger partial charge in [-0.2, -0.15) is 0 Å². The molecule has 10 aromatic carbocycles. The number of rotatable bonds is 5. The standard InChI is InChI=1S/C61H34N4OS/c1-2-10-35(11-3-1)39-26-20-36-21-27-40(33-42(36)32-39)60-62-59(63-61(64-60)41-28-29-46-45-13-5-7-19-53(45)67-54(46)34-41)38-24-22-37(23-25-38)43-14-8-17-50-55(43)48-15-9-18-51-56(48)57-52(66-51)31-30-47-44-12-4-6-16-49(44)65(50)58(47)57/h1-34H. The summed E-state index contributed by atoms with van der Waals surface area (Å²) in [4.78, 5) is 15.7. The lowest BCUT2D eigenvalue weighted by atomic mass is 9.96. The van der Waals surface area contributed by atoms with Crippen molar-refractivity contribution in [2.75, 3.05) is 0 Å². The molecule has 0 unspecified atom stereocenters. The summed E-state index contributed by atoms with van der Waals surface area (Å²) in [7, 11) is 0. The molecule has 0 radical (unpaired) electrons. The van der Waals surface area contributed by atoms with Crippen LogP contribution in [0, 0.1) is 0 Å². The van der Waals surface area contributed by atoms with Gasteiger partial charge in [0.15, 0.2) is 17.5 Å². The molecule has 5 nitrogen and oxygen atoms in total. The molecule has 5 heterocycles. The second kappa shape index (κ2) is 13.9. The van der Waals surface area contributed by atoms with Crippen LogP contribution in [0.4, 0.5) is 0 Å². The Morgan fingerprint density at radius 3 is 1.82 bits per heavy atom. The van der Waals surface area contributed by atoms with Crippen molar-refractivity contribution >= 4 is 102 Å². The van der Waals surface area contributed by atoms with Crippen molar-refractivity contribution in [2.24, 2.45) is 0 Å². The third kappa shape index (κ3) is 5.45. The summed E-state index contributed by atoms with van der Waals surface area (Å²) in [5, 5.41) is 11.9. The van der Waals surface area contributed by atoms with E-state index in [1.807, 2.05) is 0 Å². The van der Waals surface area contributed by atoms with Crippen molar-refractivity contribution in [3.63, 3.8) is 0 Å². The molecule has 6 heteroatoms. The minimum Gasteiger partial charge on any atom is -0.456 e. The molecule has 0 saturated carbocycles. The van der Waals surface area contributed by atoms with E-state index in [2.05, 4.69) is 211 Å². The SMILES string of the molecule is c1ccc(-c2ccc3ccc(-c4nc(-c5ccc(-c6cccc7c6c6cccc8oc9ccc%10c%11ccccc%11n7c%10c9c86)cc5)nc(-c5ccc6c(c5)sc5ccccc56)n4)cc3c2)cc1. The summed E-state index contributed by atoms with van der Waals surface area (Å²) in [6, 6.07) is 73.8. The maximum Gasteiger partial charge on any atom is 0.164 e. The fourth-order valence-electron chi connectivity index (χ4n) is 10.7. The van der Waals surface area contributed by atoms with E-state index in [9.17, 15) is 0 Å². The summed E-state index contributed by atoms with van der Waals surface area (Å²) in [6.45, 7) is 0. The minimum absolute atomic E-state index is 0.621. The molecule has 15 rings (SSSR count). The molecule has 0 amide bonds. The Kier molecular flexibility index (Phi) is 7.59. The van der Waals surface area contributed by atoms with Gasteiger partial charge in [0.1, 0.15) is 11.2 Å². The number of thiophene rings is 1. The summed E-state index contributed by atoms with van der Waals surface area (Å²) < 4.78 is 11.5. The number of nitrogens with zero attached hydrogens (tertiary/aromatic N) is 4. The van der Waals surface area contributed by atoms with Gasteiger partial charge in [-0.15, -0.1) is 11.3 Å². The first-order valence-electron chi connectivity index (χ1n) is 22.6. The van der Waals surface area contributed by atoms with Gasteiger partial charge in [0.2, 0.25) is 0 Å². The quantitative estimate of drug-likeness (QED) is 0.173. The van der Waals surface area contributed by atoms with E-state index in [1.165, 1.54) is 63.9 Å². The smallest absolute Gasteiger partial charge is 0.164 e. The molecule has 0 aliphatic heterocycles. The predicted molar refractivity (Wildman–Crippen MR) is 279 cm³/mol. The predicted octanol–water partition coefficient (Wildman–Crippen LogP) is 16.8. The highest BCUT2D eigenvalue weighted by Gasteiger charge is 2.23. The number of para-hydroxylation sites is 1. The monoisotopic (exact) mass is 870 g/mol. The van der Waals surface area contributed by atoms with Gasteiger partial charge in [0.25, 0.3) is 0 Å². The van der Waals surface area contributed by atoms with Gasteiger partial charge in [-0.05, 0) is 93.0 Å². The molecule has 0 saturated heterocycles. The highest BCUT2D eigenvalue weighted by atomic mass is 32.1. The zero-order valence-electron chi connectivity index (χ0n) is 35.7. The largest absolute Gasteiger partial charge is 0.456 e. The lowest BCUT2D eigenvalue weighted by molar-refractivity contribution is 0.669. The van der Waals surface area contributed by atoms with E-state index >= 15 is 0 Å². The number of fused-ring (bicyclic) bond motifs is 10. The Hall–Kier alpha value is -8.71. The van der Waals surface area contributed by atoms with Crippen molar-refractivity contribution in [2.45, 2.75) is 0 Å². The average Bonchev–Trinajstić information content (AvgIpc) is 4.05. The topological polar surface area (TPSA) is 56.2 Å². The third-order valence-electron chi connectivity index (χ3n) is 13.8. The molecular weight excluding hydrogens is 837 g/mol. The Balaban J connectivity index is 0.916. The zero-order chi connectivity index (χ0) is 43.7. The molecule has 0 N–H and O–H groups in total. The van der Waals surface area contributed by atoms with E-state index < -0.39 is 0 Å². The average molecular weight is 871 g/mol. The van der Waals surface area contributed by atoms with E-state index in [4.69, 9.17) is 19.4 Å². The first-order valence-corrected chi connectivity index (χ1v) is 23.4. The molecule has 0 atom stereocenters. The van der Waals surface area contributed by atoms with Crippen molar-refractivity contribution in [3.8, 4) is 56.4 Å². The van der Waals surface area contributed by atoms with Gasteiger partial charge in [-0.3, -0.25) is 0 Å². The first kappa shape index (κ1) is 36.6. The van der Waals surface area contributed by atoms with Crippen molar-refractivity contribution in [1.82, 2.24) is 19.4 Å². The molecule has 310 valence electrons. The van der Waals surface area contributed by atoms with Crippen LogP contribution in [-0.4, -0.2) is 19.4 Å². The van der Waals surface area contributed by atoms with Crippen LogP contribution < -0.4 is 0 Å². The minimum atomic E-state index is 0.621. The van der Waals surface area contributed by atoms with Gasteiger partial charge in [0.05, 0.1) is 21.9 Å². The number of aromatic nitrogens is 4. The lowest BCUT2D eigenvalue weighted by Crippen LogP contribution is -2.00. The van der Waals surface area contributed by atoms with E-state index in [0.29, 0.717) is 17.5 Å². The highest BCUT2D eigenvalue weighted by molar-refractivity contribution is 7.25. The first-order chi connectivity index (χ1) is 33.2. The summed E-state index contributed by atoms with van der Waals surface area (Å²) in [5.74, 6) is 1.89. The Labute approximate surface area is 386 Å². The molecule has 0 spiro atoms. The molecule has 0 bridgehead atoms. The van der Waals surface area contributed by atoms with Crippen LogP contribution in [0.15, 0.2) is 211 Å². The van der Waals surface area contributed by atoms with Crippen molar-refractivity contribution in [1.29, 1.82) is 0 Å². The highest BCUT2D eigenvalue weighted by Crippen LogP contribution is 2.46. The normalized spacial score (nSPS) is 12.2. The second-order valence-electron chi connectivity index (χ2n) is 17.5. The number of benzene rings is 10. The number of hydrogen-bond donors (Lipinski definition) is 0. The van der Waals surface area contributed by atoms with Gasteiger partial charge >= 0.3 is 0 Å². The van der Waals surface area contributed by atoms with Crippen LogP contribution >= 0.6 is 11.3 Å². The molecule has 67 heavy (non-hydrogen) atoms. The van der Waals surface area contributed by atoms with Gasteiger partial charge in [-0.1, -0.05) is 152 Å². The lowest BCUT2D eigenvalue weighted by Gasteiger charge is -2.11. The van der Waals surface area contributed by atoms with Crippen LogP contribution in [-0.2, 0) is 0 Å². The number of hydrogen-bond acceptors (Lipinski definition) is 5. The number of furan rings is 1. The maximum atomic E-state index is 6.58. The maximum absolute atomic E-state index is 6.58. The molecule has 0 fully saturated rings. The zero-order valence-corrected chi connectivity index (χ0v) is 36.6. The van der Waals surface area contributed by atoms with Crippen molar-refractivity contribution in [3.05, 3.63) is 206 Å². The molecular formula is C61H34N4OS. The van der Waals surface area contributed by atoms with Gasteiger partial charge in [-0.25, -0.2) is 15.0 Å². The fourth-order valence-corrected chi connectivity index (χ4v) is 11.8. The molecule has 0 aliphatic rings. The van der Waals surface area contributed by atoms with Crippen LogP contribution in [0.2, 0.25) is 0 Å². The van der Waals surface area contributed by atoms with Crippen LogP contribution in [0.3, 0.4) is 0 Å². The van der Waals surface area contributed by atoms with Crippen LogP contribution in [0.1, 0.15) is 0 Å². The van der Waals surface area contributed by atoms with E-state index in [1.54, 1.807) is 11.3 Å². The second-order valence-corrected chi connectivity index (χ2v) is 18.6. The van der Waals surface area contributed by atoms with Crippen molar-refractivity contribution < 1.29 is 4.42 Å². The van der Waals surface area contributed by atoms with E-state index in [0.717, 1.165) is 66.0 Å². The Morgan fingerprint density at radius 1 is 0.343 bits per heavy atom. The Bertz CT molecular complexity index is 4510. The van der Waals surface area contributed by atoms with Gasteiger partial charge < -0.3 is 8.82 Å². The molecule has 5 aromatic heterocycles. The third-order valence-corrected chi connectivity index (χ3v) is 14.9. The molecule has 0 aliphatic carbocycles. The Morgan fingerprint density at radius 2 is 0.955 bits per heavy atom.